The molecule has 0 bridgehead atoms. The van der Waals surface area contributed by atoms with Crippen molar-refractivity contribution in [3.8, 4) is 22.4 Å². The Balaban J connectivity index is 1.68. The minimum Gasteiger partial charge on any atom is -0.370 e. The molecular formula is C29H34ClN5O2. The minimum absolute atomic E-state index is 0.122. The van der Waals surface area contributed by atoms with Crippen LogP contribution < -0.4 is 11.1 Å². The lowest BCUT2D eigenvalue weighted by Gasteiger charge is -2.45. The van der Waals surface area contributed by atoms with Gasteiger partial charge in [-0.3, -0.25) is 9.59 Å². The molecule has 5 rings (SSSR count). The lowest BCUT2D eigenvalue weighted by atomic mass is 9.76. The number of benzene rings is 2. The van der Waals surface area contributed by atoms with E-state index in [-0.39, 0.29) is 24.3 Å². The maximum absolute atomic E-state index is 13.2. The van der Waals surface area contributed by atoms with E-state index >= 15 is 0 Å². The predicted octanol–water partition coefficient (Wildman–Crippen LogP) is 3.89. The molecule has 0 aliphatic carbocycles. The number of nitrogens with one attached hydrogen (secondary N) is 1. The van der Waals surface area contributed by atoms with Crippen molar-refractivity contribution in [2.75, 3.05) is 46.3 Å². The van der Waals surface area contributed by atoms with Gasteiger partial charge in [-0.25, -0.2) is 0 Å². The topological polar surface area (TPSA) is 83.6 Å². The zero-order chi connectivity index (χ0) is 26.2. The minimum atomic E-state index is -0.502. The van der Waals surface area contributed by atoms with Crippen molar-refractivity contribution in [1.29, 1.82) is 0 Å². The molecular weight excluding hydrogens is 486 g/mol. The number of amides is 2. The van der Waals surface area contributed by atoms with Crippen LogP contribution in [0.3, 0.4) is 0 Å². The predicted molar refractivity (Wildman–Crippen MR) is 148 cm³/mol. The van der Waals surface area contributed by atoms with Crippen LogP contribution in [0.4, 0.5) is 0 Å². The molecule has 0 spiro atoms. The van der Waals surface area contributed by atoms with Gasteiger partial charge < -0.3 is 25.4 Å². The van der Waals surface area contributed by atoms with Crippen molar-refractivity contribution in [3.05, 3.63) is 71.4 Å². The molecule has 2 aliphatic heterocycles. The van der Waals surface area contributed by atoms with E-state index in [1.54, 1.807) is 0 Å². The van der Waals surface area contributed by atoms with Crippen LogP contribution in [0.2, 0.25) is 5.02 Å². The molecule has 2 aromatic carbocycles. The summed E-state index contributed by atoms with van der Waals surface area (Å²) < 4.78 is 2.16. The van der Waals surface area contributed by atoms with Crippen LogP contribution in [0.1, 0.15) is 29.9 Å². The molecule has 194 valence electrons. The van der Waals surface area contributed by atoms with Gasteiger partial charge in [0.1, 0.15) is 5.69 Å². The highest BCUT2D eigenvalue weighted by molar-refractivity contribution is 6.30. The molecule has 7 nitrogen and oxygen atoms in total. The summed E-state index contributed by atoms with van der Waals surface area (Å²) in [6, 6.07) is 19.6. The lowest BCUT2D eigenvalue weighted by molar-refractivity contribution is -0.121. The van der Waals surface area contributed by atoms with Crippen LogP contribution in [0.5, 0.6) is 0 Å². The molecule has 1 aromatic heterocycles. The summed E-state index contributed by atoms with van der Waals surface area (Å²) in [5, 5.41) is 3.74. The van der Waals surface area contributed by atoms with E-state index in [9.17, 15) is 9.59 Å². The lowest BCUT2D eigenvalue weighted by Crippen LogP contribution is -2.54. The third kappa shape index (κ3) is 5.17. The average molecular weight is 520 g/mol. The van der Waals surface area contributed by atoms with Crippen LogP contribution in [-0.4, -0.2) is 72.5 Å². The number of nitrogens with zero attached hydrogens (tertiary/aromatic N) is 3. The highest BCUT2D eigenvalue weighted by atomic mass is 35.5. The highest BCUT2D eigenvalue weighted by Crippen LogP contribution is 2.45. The molecule has 0 unspecified atom stereocenters. The molecule has 0 saturated carbocycles. The molecule has 8 heteroatoms. The van der Waals surface area contributed by atoms with Gasteiger partial charge >= 0.3 is 0 Å². The summed E-state index contributed by atoms with van der Waals surface area (Å²) >= 11 is 6.38. The van der Waals surface area contributed by atoms with E-state index < -0.39 is 5.41 Å². The Labute approximate surface area is 223 Å². The smallest absolute Gasteiger partial charge is 0.268 e. The molecule has 1 fully saturated rings. The summed E-state index contributed by atoms with van der Waals surface area (Å²) in [6.07, 6.45) is 0.220. The van der Waals surface area contributed by atoms with Crippen molar-refractivity contribution >= 4 is 23.4 Å². The van der Waals surface area contributed by atoms with E-state index in [0.717, 1.165) is 48.6 Å². The first-order valence-corrected chi connectivity index (χ1v) is 13.2. The van der Waals surface area contributed by atoms with Crippen molar-refractivity contribution in [2.45, 2.75) is 19.4 Å². The fourth-order valence-electron chi connectivity index (χ4n) is 5.91. The maximum Gasteiger partial charge on any atom is 0.268 e. The third-order valence-corrected chi connectivity index (χ3v) is 8.02. The highest BCUT2D eigenvalue weighted by Gasteiger charge is 2.44. The van der Waals surface area contributed by atoms with Crippen molar-refractivity contribution in [2.24, 2.45) is 11.1 Å². The number of carbonyl (C=O) groups is 2. The summed E-state index contributed by atoms with van der Waals surface area (Å²) in [4.78, 5) is 30.4. The van der Waals surface area contributed by atoms with Gasteiger partial charge in [0, 0.05) is 61.7 Å². The fraction of sp³-hybridized carbons (Fsp3) is 0.379. The van der Waals surface area contributed by atoms with Crippen LogP contribution in [-0.2, 0) is 4.79 Å². The molecule has 3 aromatic rings. The van der Waals surface area contributed by atoms with Gasteiger partial charge in [0.2, 0.25) is 5.91 Å². The number of aromatic nitrogens is 1. The Morgan fingerprint density at radius 1 is 1.05 bits per heavy atom. The number of likely N-dealkylation sites (N-methyl/N-ethyl adjacent to an activating group) is 1. The largest absolute Gasteiger partial charge is 0.370 e. The number of hydrogen-bond donors (Lipinski definition) is 2. The zero-order valence-corrected chi connectivity index (χ0v) is 22.2. The molecule has 2 aliphatic rings. The Hall–Kier alpha value is -3.13. The van der Waals surface area contributed by atoms with E-state index in [0.29, 0.717) is 23.8 Å². The monoisotopic (exact) mass is 519 g/mol. The molecule has 2 amide bonds. The van der Waals surface area contributed by atoms with Gasteiger partial charge in [0.05, 0.1) is 11.7 Å². The molecule has 3 heterocycles. The number of nitrogens with two attached hydrogens (primary N) is 1. The van der Waals surface area contributed by atoms with Gasteiger partial charge in [-0.1, -0.05) is 61.0 Å². The van der Waals surface area contributed by atoms with Gasteiger partial charge in [-0.15, -0.1) is 0 Å². The van der Waals surface area contributed by atoms with Gasteiger partial charge in [0.15, 0.2) is 0 Å². The zero-order valence-electron chi connectivity index (χ0n) is 21.4. The standard InChI is InChI=1S/C29H34ClN5O2/c1-29(17-26(31)36,19-34-13-11-33(2)12-14-34)25-18-32-28(37)24-16-23(21-9-6-10-22(30)15-21)27(35(24)25)20-7-4-3-5-8-20/h3-10,15-16,25H,11-14,17-19H2,1-2H3,(H2,31,36)(H,32,37)/t25-,29+/m1/s1. The van der Waals surface area contributed by atoms with Crippen molar-refractivity contribution < 1.29 is 9.59 Å². The van der Waals surface area contributed by atoms with Gasteiger partial charge in [-0.2, -0.15) is 0 Å². The molecule has 1 saturated heterocycles. The Morgan fingerprint density at radius 2 is 1.76 bits per heavy atom. The number of primary amides is 1. The third-order valence-electron chi connectivity index (χ3n) is 7.78. The van der Waals surface area contributed by atoms with E-state index in [4.69, 9.17) is 17.3 Å². The summed E-state index contributed by atoms with van der Waals surface area (Å²) in [5.41, 5.74) is 9.76. The fourth-order valence-corrected chi connectivity index (χ4v) is 6.10. The van der Waals surface area contributed by atoms with E-state index in [1.165, 1.54) is 0 Å². The first kappa shape index (κ1) is 25.5. The number of piperazine rings is 1. The van der Waals surface area contributed by atoms with E-state index in [1.807, 2.05) is 48.5 Å². The maximum atomic E-state index is 13.2. The number of halogens is 1. The molecule has 3 N–H and O–H groups in total. The second kappa shape index (κ2) is 10.3. The first-order chi connectivity index (χ1) is 17.7. The van der Waals surface area contributed by atoms with Crippen LogP contribution in [0.15, 0.2) is 60.7 Å². The Bertz CT molecular complexity index is 1300. The SMILES string of the molecule is CN1CCN(C[C@](C)(CC(N)=O)[C@H]2CNC(=O)c3cc(-c4cccc(Cl)c4)c(-c4ccccc4)n32)CC1. The molecule has 37 heavy (non-hydrogen) atoms. The quantitative estimate of drug-likeness (QED) is 0.496. The summed E-state index contributed by atoms with van der Waals surface area (Å²) in [7, 11) is 2.13. The van der Waals surface area contributed by atoms with Crippen LogP contribution in [0, 0.1) is 5.41 Å². The number of rotatable bonds is 7. The summed E-state index contributed by atoms with van der Waals surface area (Å²) in [5.74, 6) is -0.457. The number of fused-ring (bicyclic) bond motifs is 1. The molecule has 2 atom stereocenters. The average Bonchev–Trinajstić information content (AvgIpc) is 3.27. The Kier molecular flexibility index (Phi) is 7.12. The second-order valence-electron chi connectivity index (χ2n) is 10.6. The van der Waals surface area contributed by atoms with Gasteiger partial charge in [-0.05, 0) is 36.4 Å². The number of hydrogen-bond acceptors (Lipinski definition) is 4. The number of carbonyl (C=O) groups excluding carboxylic acids is 2. The first-order valence-electron chi connectivity index (χ1n) is 12.8. The van der Waals surface area contributed by atoms with Crippen molar-refractivity contribution in [3.63, 3.8) is 0 Å². The van der Waals surface area contributed by atoms with Gasteiger partial charge in [0.25, 0.3) is 5.91 Å². The normalized spacial score (nSPS) is 20.2. The second-order valence-corrected chi connectivity index (χ2v) is 11.1. The van der Waals surface area contributed by atoms with Crippen LogP contribution in [0.25, 0.3) is 22.4 Å². The van der Waals surface area contributed by atoms with Crippen molar-refractivity contribution in [1.82, 2.24) is 19.7 Å². The van der Waals surface area contributed by atoms with E-state index in [2.05, 4.69) is 45.8 Å². The van der Waals surface area contributed by atoms with Crippen LogP contribution >= 0.6 is 11.6 Å². The summed E-state index contributed by atoms with van der Waals surface area (Å²) in [6.45, 7) is 7.10. The Morgan fingerprint density at radius 3 is 2.43 bits per heavy atom. The molecule has 0 radical (unpaired) electrons.